The minimum Gasteiger partial charge on any atom is -0.361 e. The van der Waals surface area contributed by atoms with Gasteiger partial charge in [0.2, 0.25) is 0 Å². The van der Waals surface area contributed by atoms with Crippen LogP contribution < -0.4 is 10.6 Å². The largest absolute Gasteiger partial charge is 0.361 e. The van der Waals surface area contributed by atoms with Gasteiger partial charge in [-0.15, -0.1) is 0 Å². The zero-order valence-corrected chi connectivity index (χ0v) is 10.2. The van der Waals surface area contributed by atoms with Gasteiger partial charge >= 0.3 is 0 Å². The normalized spacial score (nSPS) is 9.88. The van der Waals surface area contributed by atoms with E-state index in [0.717, 1.165) is 18.8 Å². The second kappa shape index (κ2) is 6.00. The van der Waals surface area contributed by atoms with Crippen molar-refractivity contribution in [3.63, 3.8) is 0 Å². The zero-order chi connectivity index (χ0) is 11.9. The molecule has 0 fully saturated rings. The summed E-state index contributed by atoms with van der Waals surface area (Å²) in [5.74, 6) is 0. The first-order chi connectivity index (χ1) is 8.34. The van der Waals surface area contributed by atoms with Crippen molar-refractivity contribution in [3.8, 4) is 0 Å². The van der Waals surface area contributed by atoms with Crippen molar-refractivity contribution < 1.29 is 0 Å². The third-order valence-corrected chi connectivity index (χ3v) is 2.46. The summed E-state index contributed by atoms with van der Waals surface area (Å²) in [6.07, 6.45) is 3.69. The number of anilines is 1. The zero-order valence-electron chi connectivity index (χ0n) is 9.34. The van der Waals surface area contributed by atoms with E-state index in [9.17, 15) is 0 Å². The number of thiocarbonyl (C=S) groups is 1. The predicted molar refractivity (Wildman–Crippen MR) is 72.9 cm³/mol. The van der Waals surface area contributed by atoms with Crippen LogP contribution in [0.5, 0.6) is 0 Å². The Balaban J connectivity index is 1.71. The SMILES string of the molecule is S=C(NCCn1cccn1)Nc1ccccc1. The number of rotatable bonds is 4. The Morgan fingerprint density at radius 2 is 2.06 bits per heavy atom. The lowest BCUT2D eigenvalue weighted by molar-refractivity contribution is 0.604. The maximum absolute atomic E-state index is 5.18. The lowest BCUT2D eigenvalue weighted by Crippen LogP contribution is -2.31. The van der Waals surface area contributed by atoms with Crippen LogP contribution in [0.15, 0.2) is 48.8 Å². The summed E-state index contributed by atoms with van der Waals surface area (Å²) in [5.41, 5.74) is 0.990. The van der Waals surface area contributed by atoms with Crippen LogP contribution in [0.25, 0.3) is 0 Å². The number of hydrogen-bond donors (Lipinski definition) is 2. The molecule has 0 saturated heterocycles. The smallest absolute Gasteiger partial charge is 0.170 e. The number of benzene rings is 1. The summed E-state index contributed by atoms with van der Waals surface area (Å²) in [7, 11) is 0. The molecule has 1 aromatic heterocycles. The summed E-state index contributed by atoms with van der Waals surface area (Å²) in [5, 5.41) is 11.0. The molecule has 88 valence electrons. The van der Waals surface area contributed by atoms with E-state index in [0.29, 0.717) is 5.11 Å². The van der Waals surface area contributed by atoms with E-state index < -0.39 is 0 Å². The van der Waals surface area contributed by atoms with Crippen LogP contribution >= 0.6 is 12.2 Å². The molecule has 1 aromatic carbocycles. The van der Waals surface area contributed by atoms with E-state index in [1.54, 1.807) is 6.20 Å². The fourth-order valence-electron chi connectivity index (χ4n) is 1.41. The fraction of sp³-hybridized carbons (Fsp3) is 0.167. The molecule has 0 radical (unpaired) electrons. The summed E-state index contributed by atoms with van der Waals surface area (Å²) in [4.78, 5) is 0. The molecule has 0 saturated carbocycles. The minimum atomic E-state index is 0.628. The van der Waals surface area contributed by atoms with Crippen LogP contribution in [0, 0.1) is 0 Å². The van der Waals surface area contributed by atoms with Crippen molar-refractivity contribution in [2.45, 2.75) is 6.54 Å². The third-order valence-electron chi connectivity index (χ3n) is 2.22. The van der Waals surface area contributed by atoms with E-state index >= 15 is 0 Å². The van der Waals surface area contributed by atoms with Gasteiger partial charge in [-0.05, 0) is 30.4 Å². The third kappa shape index (κ3) is 3.88. The Hall–Kier alpha value is -1.88. The summed E-state index contributed by atoms with van der Waals surface area (Å²) < 4.78 is 1.86. The lowest BCUT2D eigenvalue weighted by atomic mass is 10.3. The van der Waals surface area contributed by atoms with Gasteiger partial charge < -0.3 is 10.6 Å². The molecule has 2 N–H and O–H groups in total. The first kappa shape index (κ1) is 11.6. The predicted octanol–water partition coefficient (Wildman–Crippen LogP) is 1.87. The van der Waals surface area contributed by atoms with Crippen molar-refractivity contribution in [1.82, 2.24) is 15.1 Å². The molecule has 1 heterocycles. The Labute approximate surface area is 106 Å². The van der Waals surface area contributed by atoms with Crippen molar-refractivity contribution >= 4 is 23.0 Å². The highest BCUT2D eigenvalue weighted by molar-refractivity contribution is 7.80. The molecule has 0 aliphatic rings. The molecule has 17 heavy (non-hydrogen) atoms. The average Bonchev–Trinajstić information content (AvgIpc) is 2.83. The Morgan fingerprint density at radius 3 is 2.76 bits per heavy atom. The molecule has 0 amide bonds. The minimum absolute atomic E-state index is 0.628. The van der Waals surface area contributed by atoms with E-state index in [-0.39, 0.29) is 0 Å². The summed E-state index contributed by atoms with van der Waals surface area (Å²) in [6, 6.07) is 11.8. The van der Waals surface area contributed by atoms with Gasteiger partial charge in [-0.3, -0.25) is 4.68 Å². The average molecular weight is 246 g/mol. The van der Waals surface area contributed by atoms with Gasteiger partial charge in [-0.25, -0.2) is 0 Å². The van der Waals surface area contributed by atoms with E-state index in [1.807, 2.05) is 47.3 Å². The molecule has 2 aromatic rings. The van der Waals surface area contributed by atoms with Crippen LogP contribution in [0.4, 0.5) is 5.69 Å². The number of nitrogens with one attached hydrogen (secondary N) is 2. The van der Waals surface area contributed by atoms with E-state index in [1.165, 1.54) is 0 Å². The van der Waals surface area contributed by atoms with Gasteiger partial charge in [-0.1, -0.05) is 18.2 Å². The molecule has 4 nitrogen and oxygen atoms in total. The summed E-state index contributed by atoms with van der Waals surface area (Å²) in [6.45, 7) is 1.55. The maximum atomic E-state index is 5.18. The molecule has 0 aliphatic carbocycles. The lowest BCUT2D eigenvalue weighted by Gasteiger charge is -2.10. The van der Waals surface area contributed by atoms with Crippen LogP contribution in [0.1, 0.15) is 0 Å². The number of hydrogen-bond acceptors (Lipinski definition) is 2. The second-order valence-corrected chi connectivity index (χ2v) is 3.92. The molecular formula is C12H14N4S. The van der Waals surface area contributed by atoms with Crippen LogP contribution in [-0.2, 0) is 6.54 Å². The fourth-order valence-corrected chi connectivity index (χ4v) is 1.63. The molecule has 5 heteroatoms. The molecule has 0 atom stereocenters. The molecule has 0 unspecified atom stereocenters. The molecule has 0 bridgehead atoms. The van der Waals surface area contributed by atoms with Gasteiger partial charge in [0.15, 0.2) is 5.11 Å². The number of aromatic nitrogens is 2. The quantitative estimate of drug-likeness (QED) is 0.808. The Kier molecular flexibility index (Phi) is 4.10. The highest BCUT2D eigenvalue weighted by atomic mass is 32.1. The number of nitrogens with zero attached hydrogens (tertiary/aromatic N) is 2. The van der Waals surface area contributed by atoms with Gasteiger partial charge in [0.25, 0.3) is 0 Å². The molecule has 0 spiro atoms. The van der Waals surface area contributed by atoms with Gasteiger partial charge in [0, 0.05) is 24.6 Å². The van der Waals surface area contributed by atoms with Crippen LogP contribution in [0.2, 0.25) is 0 Å². The van der Waals surface area contributed by atoms with E-state index in [2.05, 4.69) is 15.7 Å². The van der Waals surface area contributed by atoms with Crippen molar-refractivity contribution in [2.24, 2.45) is 0 Å². The topological polar surface area (TPSA) is 41.9 Å². The van der Waals surface area contributed by atoms with Gasteiger partial charge in [0.1, 0.15) is 0 Å². The van der Waals surface area contributed by atoms with Crippen molar-refractivity contribution in [1.29, 1.82) is 0 Å². The Bertz CT molecular complexity index is 453. The van der Waals surface area contributed by atoms with Gasteiger partial charge in [-0.2, -0.15) is 5.10 Å². The van der Waals surface area contributed by atoms with E-state index in [4.69, 9.17) is 12.2 Å². The van der Waals surface area contributed by atoms with Crippen molar-refractivity contribution in [2.75, 3.05) is 11.9 Å². The highest BCUT2D eigenvalue weighted by Gasteiger charge is 1.96. The van der Waals surface area contributed by atoms with Crippen LogP contribution in [-0.4, -0.2) is 21.4 Å². The molecular weight excluding hydrogens is 232 g/mol. The van der Waals surface area contributed by atoms with Crippen molar-refractivity contribution in [3.05, 3.63) is 48.8 Å². The maximum Gasteiger partial charge on any atom is 0.170 e. The highest BCUT2D eigenvalue weighted by Crippen LogP contribution is 2.04. The number of para-hydroxylation sites is 1. The second-order valence-electron chi connectivity index (χ2n) is 3.52. The van der Waals surface area contributed by atoms with Gasteiger partial charge in [0.05, 0.1) is 6.54 Å². The molecule has 0 aliphatic heterocycles. The first-order valence-corrected chi connectivity index (χ1v) is 5.83. The molecule has 2 rings (SSSR count). The summed E-state index contributed by atoms with van der Waals surface area (Å²) >= 11 is 5.18. The van der Waals surface area contributed by atoms with Crippen LogP contribution in [0.3, 0.4) is 0 Å². The Morgan fingerprint density at radius 1 is 1.24 bits per heavy atom. The standard InChI is InChI=1S/C12H14N4S/c17-12(15-11-5-2-1-3-6-11)13-8-10-16-9-4-7-14-16/h1-7,9H,8,10H2,(H2,13,15,17). The monoisotopic (exact) mass is 246 g/mol. The first-order valence-electron chi connectivity index (χ1n) is 5.42.